The van der Waals surface area contributed by atoms with Crippen LogP contribution in [0.1, 0.15) is 27.2 Å². The second-order valence-electron chi connectivity index (χ2n) is 7.49. The topological polar surface area (TPSA) is 93.1 Å². The first-order valence-corrected chi connectivity index (χ1v) is 11.4. The molecule has 2 N–H and O–H groups in total. The maximum atomic E-state index is 12.7. The molecule has 8 heteroatoms. The number of aryl methyl sites for hydroxylation is 1. The Kier molecular flexibility index (Phi) is 5.69. The normalized spacial score (nSPS) is 15.7. The van der Waals surface area contributed by atoms with Crippen molar-refractivity contribution in [2.24, 2.45) is 0 Å². The van der Waals surface area contributed by atoms with E-state index in [2.05, 4.69) is 15.1 Å². The molecule has 4 rings (SSSR count). The maximum absolute atomic E-state index is 12.7. The van der Waals surface area contributed by atoms with Gasteiger partial charge in [0.1, 0.15) is 0 Å². The molecule has 1 aliphatic rings. The number of benzene rings is 2. The number of carbonyl (C=O) groups is 1. The minimum absolute atomic E-state index is 0.0401. The molecule has 1 aliphatic carbocycles. The number of carbonyl (C=O) groups excluding carboxylic acids is 1. The van der Waals surface area contributed by atoms with Crippen molar-refractivity contribution in [3.8, 4) is 0 Å². The van der Waals surface area contributed by atoms with Crippen LogP contribution >= 0.6 is 0 Å². The van der Waals surface area contributed by atoms with Crippen LogP contribution in [0.25, 0.3) is 0 Å². The van der Waals surface area contributed by atoms with Crippen molar-refractivity contribution in [2.45, 2.75) is 37.2 Å². The molecule has 0 aliphatic heterocycles. The van der Waals surface area contributed by atoms with E-state index < -0.39 is 10.0 Å². The van der Waals surface area contributed by atoms with Gasteiger partial charge in [-0.05, 0) is 61.2 Å². The average Bonchev–Trinajstić information content (AvgIpc) is 3.33. The van der Waals surface area contributed by atoms with Gasteiger partial charge in [0.2, 0.25) is 10.0 Å². The highest BCUT2D eigenvalue weighted by Gasteiger charge is 2.25. The summed E-state index contributed by atoms with van der Waals surface area (Å²) in [5.74, 6) is -0.114. The molecule has 7 nitrogen and oxygen atoms in total. The van der Waals surface area contributed by atoms with Crippen LogP contribution in [0, 0.1) is 6.92 Å². The summed E-state index contributed by atoms with van der Waals surface area (Å²) >= 11 is 0. The minimum atomic E-state index is -3.61. The zero-order chi connectivity index (χ0) is 21.1. The van der Waals surface area contributed by atoms with Crippen LogP contribution < -0.4 is 10.0 Å². The van der Waals surface area contributed by atoms with E-state index in [9.17, 15) is 13.2 Å². The molecule has 0 bridgehead atoms. The van der Waals surface area contributed by atoms with E-state index >= 15 is 0 Å². The van der Waals surface area contributed by atoms with Gasteiger partial charge in [-0.2, -0.15) is 5.10 Å². The Morgan fingerprint density at radius 1 is 1.10 bits per heavy atom. The Morgan fingerprint density at radius 2 is 1.87 bits per heavy atom. The van der Waals surface area contributed by atoms with Crippen molar-refractivity contribution >= 4 is 15.9 Å². The Bertz CT molecular complexity index is 1160. The molecule has 0 saturated carbocycles. The second-order valence-corrected chi connectivity index (χ2v) is 9.26. The first kappa shape index (κ1) is 20.3. The van der Waals surface area contributed by atoms with Gasteiger partial charge in [0.05, 0.1) is 17.1 Å². The maximum Gasteiger partial charge on any atom is 0.251 e. The lowest BCUT2D eigenvalue weighted by atomic mass is 10.1. The van der Waals surface area contributed by atoms with Crippen molar-refractivity contribution in [3.63, 3.8) is 0 Å². The standard InChI is InChI=1S/C22H24N4O3S/c1-16-9-11-26(25-16)12-10-23-30(28,29)21-8-7-18-13-20(14-19(18)15-21)24-22(27)17-5-3-2-4-6-17/h2-9,11,15,20,23H,10,12-14H2,1H3,(H,24,27)/t20-/m1/s1. The first-order chi connectivity index (χ1) is 14.4. The molecule has 3 aromatic rings. The molecule has 0 saturated heterocycles. The third-order valence-corrected chi connectivity index (χ3v) is 6.66. The van der Waals surface area contributed by atoms with Crippen LogP contribution in [0.2, 0.25) is 0 Å². The van der Waals surface area contributed by atoms with E-state index in [0.717, 1.165) is 16.8 Å². The van der Waals surface area contributed by atoms with Crippen LogP contribution in [0.5, 0.6) is 0 Å². The van der Waals surface area contributed by atoms with Gasteiger partial charge in [-0.1, -0.05) is 24.3 Å². The summed E-state index contributed by atoms with van der Waals surface area (Å²) in [6.07, 6.45) is 3.13. The zero-order valence-corrected chi connectivity index (χ0v) is 17.5. The molecule has 1 amide bonds. The Morgan fingerprint density at radius 3 is 2.60 bits per heavy atom. The average molecular weight is 425 g/mol. The van der Waals surface area contributed by atoms with E-state index in [1.165, 1.54) is 0 Å². The molecular weight excluding hydrogens is 400 g/mol. The summed E-state index contributed by atoms with van der Waals surface area (Å²) in [5, 5.41) is 7.29. The quantitative estimate of drug-likeness (QED) is 0.607. The molecule has 0 radical (unpaired) electrons. The fraction of sp³-hybridized carbons (Fsp3) is 0.273. The minimum Gasteiger partial charge on any atom is -0.349 e. The number of aromatic nitrogens is 2. The van der Waals surface area contributed by atoms with E-state index in [1.54, 1.807) is 28.9 Å². The Labute approximate surface area is 176 Å². The van der Waals surface area contributed by atoms with Crippen molar-refractivity contribution in [1.82, 2.24) is 19.8 Å². The number of hydrogen-bond acceptors (Lipinski definition) is 4. The number of rotatable bonds is 7. The van der Waals surface area contributed by atoms with Crippen LogP contribution in [-0.4, -0.2) is 36.7 Å². The van der Waals surface area contributed by atoms with E-state index in [4.69, 9.17) is 0 Å². The van der Waals surface area contributed by atoms with E-state index in [-0.39, 0.29) is 23.4 Å². The lowest BCUT2D eigenvalue weighted by Gasteiger charge is -2.11. The van der Waals surface area contributed by atoms with E-state index in [0.29, 0.717) is 24.9 Å². The fourth-order valence-electron chi connectivity index (χ4n) is 3.69. The predicted octanol–water partition coefficient (Wildman–Crippen LogP) is 2.07. The molecule has 1 atom stereocenters. The monoisotopic (exact) mass is 424 g/mol. The predicted molar refractivity (Wildman–Crippen MR) is 114 cm³/mol. The summed E-state index contributed by atoms with van der Waals surface area (Å²) in [5.41, 5.74) is 3.54. The number of hydrogen-bond donors (Lipinski definition) is 2. The molecule has 2 aromatic carbocycles. The van der Waals surface area contributed by atoms with Gasteiger partial charge in [-0.15, -0.1) is 0 Å². The molecule has 1 heterocycles. The van der Waals surface area contributed by atoms with Gasteiger partial charge in [-0.25, -0.2) is 13.1 Å². The number of sulfonamides is 1. The third kappa shape index (κ3) is 4.60. The lowest BCUT2D eigenvalue weighted by molar-refractivity contribution is 0.0938. The Hall–Kier alpha value is -2.97. The first-order valence-electron chi connectivity index (χ1n) is 9.88. The molecule has 30 heavy (non-hydrogen) atoms. The number of amides is 1. The smallest absolute Gasteiger partial charge is 0.251 e. The van der Waals surface area contributed by atoms with Crippen LogP contribution in [0.3, 0.4) is 0 Å². The summed E-state index contributed by atoms with van der Waals surface area (Å²) in [6, 6.07) is 16.1. The van der Waals surface area contributed by atoms with Crippen LogP contribution in [-0.2, 0) is 29.4 Å². The van der Waals surface area contributed by atoms with Gasteiger partial charge in [0.15, 0.2) is 0 Å². The summed E-state index contributed by atoms with van der Waals surface area (Å²) in [7, 11) is -3.61. The second kappa shape index (κ2) is 8.41. The van der Waals surface area contributed by atoms with Crippen LogP contribution in [0.4, 0.5) is 0 Å². The van der Waals surface area contributed by atoms with Gasteiger partial charge < -0.3 is 5.32 Å². The molecule has 0 fully saturated rings. The summed E-state index contributed by atoms with van der Waals surface area (Å²) in [6.45, 7) is 2.61. The van der Waals surface area contributed by atoms with Crippen LogP contribution in [0.15, 0.2) is 65.7 Å². The summed E-state index contributed by atoms with van der Waals surface area (Å²) in [4.78, 5) is 12.6. The Balaban J connectivity index is 1.38. The van der Waals surface area contributed by atoms with Crippen molar-refractivity contribution in [1.29, 1.82) is 0 Å². The van der Waals surface area contributed by atoms with E-state index in [1.807, 2.05) is 43.5 Å². The van der Waals surface area contributed by atoms with Crippen molar-refractivity contribution < 1.29 is 13.2 Å². The lowest BCUT2D eigenvalue weighted by Crippen LogP contribution is -2.35. The van der Waals surface area contributed by atoms with Gasteiger partial charge in [0.25, 0.3) is 5.91 Å². The number of nitrogens with one attached hydrogen (secondary N) is 2. The van der Waals surface area contributed by atoms with Gasteiger partial charge in [-0.3, -0.25) is 9.48 Å². The molecular formula is C22H24N4O3S. The summed E-state index contributed by atoms with van der Waals surface area (Å²) < 4.78 is 29.7. The van der Waals surface area contributed by atoms with Gasteiger partial charge in [0, 0.05) is 24.3 Å². The number of fused-ring (bicyclic) bond motifs is 1. The third-order valence-electron chi connectivity index (χ3n) is 5.20. The largest absolute Gasteiger partial charge is 0.349 e. The zero-order valence-electron chi connectivity index (χ0n) is 16.7. The fourth-order valence-corrected chi connectivity index (χ4v) is 4.76. The number of nitrogens with zero attached hydrogens (tertiary/aromatic N) is 2. The highest BCUT2D eigenvalue weighted by molar-refractivity contribution is 7.89. The van der Waals surface area contributed by atoms with Gasteiger partial charge >= 0.3 is 0 Å². The molecule has 156 valence electrons. The SMILES string of the molecule is Cc1ccn(CCNS(=O)(=O)c2ccc3c(c2)C[C@H](NC(=O)c2ccccc2)C3)n1. The highest BCUT2D eigenvalue weighted by Crippen LogP contribution is 2.25. The van der Waals surface area contributed by atoms with Crippen molar-refractivity contribution in [2.75, 3.05) is 6.54 Å². The molecule has 1 aromatic heterocycles. The highest BCUT2D eigenvalue weighted by atomic mass is 32.2. The molecule has 0 spiro atoms. The molecule has 0 unspecified atom stereocenters. The van der Waals surface area contributed by atoms with Crippen molar-refractivity contribution in [3.05, 3.63) is 83.2 Å².